The number of rotatable bonds is 6. The number of thiophene rings is 1. The van der Waals surface area contributed by atoms with Crippen molar-refractivity contribution in [1.29, 1.82) is 0 Å². The quantitative estimate of drug-likeness (QED) is 0.676. The van der Waals surface area contributed by atoms with Crippen molar-refractivity contribution in [3.05, 3.63) is 45.7 Å². The maximum atomic E-state index is 12.7. The van der Waals surface area contributed by atoms with Gasteiger partial charge >= 0.3 is 0 Å². The van der Waals surface area contributed by atoms with Crippen LogP contribution in [0.4, 0.5) is 0 Å². The van der Waals surface area contributed by atoms with Gasteiger partial charge in [-0.3, -0.25) is 4.79 Å². The summed E-state index contributed by atoms with van der Waals surface area (Å²) in [5, 5.41) is 2.98. The average Bonchev–Trinajstić information content (AvgIpc) is 3.14. The van der Waals surface area contributed by atoms with E-state index in [0.29, 0.717) is 36.7 Å². The van der Waals surface area contributed by atoms with Crippen LogP contribution in [-0.4, -0.2) is 38.8 Å². The first-order chi connectivity index (χ1) is 13.2. The second kappa shape index (κ2) is 8.52. The number of sulfonamides is 1. The molecule has 0 radical (unpaired) electrons. The molecule has 28 heavy (non-hydrogen) atoms. The number of ether oxygens (including phenoxy) is 1. The topological polar surface area (TPSA) is 75.7 Å². The summed E-state index contributed by atoms with van der Waals surface area (Å²) in [5.74, 6) is 0.729. The van der Waals surface area contributed by atoms with Gasteiger partial charge < -0.3 is 10.1 Å². The molecule has 1 fully saturated rings. The summed E-state index contributed by atoms with van der Waals surface area (Å²) >= 11 is 4.51. The minimum absolute atomic E-state index is 0.0424. The molecule has 0 saturated carbocycles. The van der Waals surface area contributed by atoms with Crippen LogP contribution in [-0.2, 0) is 21.4 Å². The molecule has 0 bridgehead atoms. The molecule has 0 atom stereocenters. The van der Waals surface area contributed by atoms with E-state index in [4.69, 9.17) is 4.74 Å². The number of benzene rings is 1. The smallest absolute Gasteiger partial charge is 0.252 e. The van der Waals surface area contributed by atoms with Crippen LogP contribution < -0.4 is 10.1 Å². The molecule has 1 aliphatic heterocycles. The van der Waals surface area contributed by atoms with Crippen LogP contribution in [0.15, 0.2) is 44.4 Å². The Bertz CT molecular complexity index is 933. The highest BCUT2D eigenvalue weighted by Crippen LogP contribution is 2.35. The molecule has 3 rings (SSSR count). The van der Waals surface area contributed by atoms with Crippen molar-refractivity contribution in [3.63, 3.8) is 0 Å². The Balaban J connectivity index is 1.58. The van der Waals surface area contributed by atoms with Crippen molar-refractivity contribution < 1.29 is 17.9 Å². The van der Waals surface area contributed by atoms with E-state index in [1.807, 2.05) is 31.2 Å². The van der Waals surface area contributed by atoms with Crippen molar-refractivity contribution in [2.45, 2.75) is 30.5 Å². The van der Waals surface area contributed by atoms with Gasteiger partial charge in [-0.1, -0.05) is 19.1 Å². The van der Waals surface area contributed by atoms with E-state index in [1.54, 1.807) is 19.2 Å². The first-order valence-corrected chi connectivity index (χ1v) is 12.0. The predicted molar refractivity (Wildman–Crippen MR) is 113 cm³/mol. The number of nitrogens with zero attached hydrogens (tertiary/aromatic N) is 1. The molecule has 2 aromatic rings. The number of carbonyl (C=O) groups is 1. The Hall–Kier alpha value is -1.42. The fourth-order valence-electron chi connectivity index (χ4n) is 3.15. The summed E-state index contributed by atoms with van der Waals surface area (Å²) in [7, 11) is -1.89. The Labute approximate surface area is 178 Å². The van der Waals surface area contributed by atoms with Gasteiger partial charge in [0.1, 0.15) is 9.96 Å². The van der Waals surface area contributed by atoms with Gasteiger partial charge in [-0.05, 0) is 58.6 Å². The number of hydrogen-bond acceptors (Lipinski definition) is 5. The Morgan fingerprint density at radius 3 is 2.39 bits per heavy atom. The SMILES string of the molecule is COc1ccc(CNC(=O)C2(C)CCN(S(=O)(=O)c3ccc(Br)s3)CC2)cc1. The molecule has 1 aromatic carbocycles. The standard InChI is InChI=1S/C19H23BrN2O4S2/c1-19(18(23)21-13-14-3-5-15(26-2)6-4-14)9-11-22(12-10-19)28(24,25)17-8-7-16(20)27-17/h3-8H,9-13H2,1-2H3,(H,21,23). The van der Waals surface area contributed by atoms with Crippen LogP contribution in [0.2, 0.25) is 0 Å². The number of methoxy groups -OCH3 is 1. The summed E-state index contributed by atoms with van der Waals surface area (Å²) in [6.45, 7) is 3.01. The van der Waals surface area contributed by atoms with Crippen LogP contribution in [0.1, 0.15) is 25.3 Å². The van der Waals surface area contributed by atoms with Crippen molar-refractivity contribution in [1.82, 2.24) is 9.62 Å². The molecule has 1 N–H and O–H groups in total. The highest BCUT2D eigenvalue weighted by atomic mass is 79.9. The number of hydrogen-bond donors (Lipinski definition) is 1. The zero-order valence-electron chi connectivity index (χ0n) is 15.8. The lowest BCUT2D eigenvalue weighted by Crippen LogP contribution is -2.48. The molecule has 0 spiro atoms. The second-order valence-corrected chi connectivity index (χ2v) is 11.7. The molecule has 0 unspecified atom stereocenters. The lowest BCUT2D eigenvalue weighted by atomic mass is 9.80. The molecule has 152 valence electrons. The lowest BCUT2D eigenvalue weighted by Gasteiger charge is -2.37. The van der Waals surface area contributed by atoms with E-state index >= 15 is 0 Å². The van der Waals surface area contributed by atoms with E-state index in [-0.39, 0.29) is 5.91 Å². The van der Waals surface area contributed by atoms with Gasteiger partial charge in [-0.2, -0.15) is 4.31 Å². The number of halogens is 1. The van der Waals surface area contributed by atoms with Crippen LogP contribution in [0.25, 0.3) is 0 Å². The minimum Gasteiger partial charge on any atom is -0.497 e. The van der Waals surface area contributed by atoms with Gasteiger partial charge in [-0.25, -0.2) is 8.42 Å². The van der Waals surface area contributed by atoms with E-state index < -0.39 is 15.4 Å². The van der Waals surface area contributed by atoms with E-state index in [0.717, 1.165) is 15.1 Å². The van der Waals surface area contributed by atoms with E-state index in [9.17, 15) is 13.2 Å². The number of carbonyl (C=O) groups excluding carboxylic acids is 1. The molecule has 9 heteroatoms. The molecule has 6 nitrogen and oxygen atoms in total. The highest BCUT2D eigenvalue weighted by Gasteiger charge is 2.40. The second-order valence-electron chi connectivity index (χ2n) is 7.05. The van der Waals surface area contributed by atoms with Gasteiger partial charge in [-0.15, -0.1) is 11.3 Å². The van der Waals surface area contributed by atoms with Crippen LogP contribution in [0.5, 0.6) is 5.75 Å². The maximum absolute atomic E-state index is 12.7. The van der Waals surface area contributed by atoms with Crippen molar-refractivity contribution in [2.75, 3.05) is 20.2 Å². The van der Waals surface area contributed by atoms with Crippen LogP contribution in [0, 0.1) is 5.41 Å². The van der Waals surface area contributed by atoms with Gasteiger partial charge in [0.05, 0.1) is 10.9 Å². The zero-order chi connectivity index (χ0) is 20.4. The van der Waals surface area contributed by atoms with Gasteiger partial charge in [0.15, 0.2) is 0 Å². The molecular formula is C19H23BrN2O4S2. The first-order valence-electron chi connectivity index (χ1n) is 8.91. The summed E-state index contributed by atoms with van der Waals surface area (Å²) in [5.41, 5.74) is 0.412. The summed E-state index contributed by atoms with van der Waals surface area (Å²) in [6.07, 6.45) is 0.987. The normalized spacial score (nSPS) is 17.2. The first kappa shape index (κ1) is 21.3. The van der Waals surface area contributed by atoms with Crippen molar-refractivity contribution in [2.24, 2.45) is 5.41 Å². The van der Waals surface area contributed by atoms with Gasteiger partial charge in [0, 0.05) is 25.0 Å². The third-order valence-electron chi connectivity index (χ3n) is 5.13. The minimum atomic E-state index is -3.50. The largest absolute Gasteiger partial charge is 0.497 e. The molecule has 1 saturated heterocycles. The number of nitrogens with one attached hydrogen (secondary N) is 1. The average molecular weight is 487 g/mol. The summed E-state index contributed by atoms with van der Waals surface area (Å²) in [6, 6.07) is 10.9. The van der Waals surface area contributed by atoms with Crippen molar-refractivity contribution >= 4 is 43.2 Å². The van der Waals surface area contributed by atoms with Crippen molar-refractivity contribution in [3.8, 4) is 5.75 Å². The highest BCUT2D eigenvalue weighted by molar-refractivity contribution is 9.11. The third kappa shape index (κ3) is 4.59. The molecule has 0 aliphatic carbocycles. The summed E-state index contributed by atoms with van der Waals surface area (Å²) < 4.78 is 33.2. The van der Waals surface area contributed by atoms with Gasteiger partial charge in [0.25, 0.3) is 10.0 Å². The van der Waals surface area contributed by atoms with Gasteiger partial charge in [0.2, 0.25) is 5.91 Å². The van der Waals surface area contributed by atoms with E-state index in [1.165, 1.54) is 15.6 Å². The molecular weight excluding hydrogens is 464 g/mol. The third-order valence-corrected chi connectivity index (χ3v) is 9.12. The predicted octanol–water partition coefficient (Wildman–Crippen LogP) is 3.63. The summed E-state index contributed by atoms with van der Waals surface area (Å²) in [4.78, 5) is 12.7. The Morgan fingerprint density at radius 2 is 1.86 bits per heavy atom. The molecule has 1 amide bonds. The fourth-order valence-corrected chi connectivity index (χ4v) is 6.76. The van der Waals surface area contributed by atoms with Crippen LogP contribution >= 0.6 is 27.3 Å². The number of amides is 1. The Morgan fingerprint density at radius 1 is 1.21 bits per heavy atom. The van der Waals surface area contributed by atoms with E-state index in [2.05, 4.69) is 21.2 Å². The Kier molecular flexibility index (Phi) is 6.48. The molecule has 1 aromatic heterocycles. The maximum Gasteiger partial charge on any atom is 0.252 e. The fraction of sp³-hybridized carbons (Fsp3) is 0.421. The molecule has 1 aliphatic rings. The molecule has 2 heterocycles. The van der Waals surface area contributed by atoms with Crippen LogP contribution in [0.3, 0.4) is 0 Å². The number of piperidine rings is 1. The zero-order valence-corrected chi connectivity index (χ0v) is 19.0. The monoisotopic (exact) mass is 486 g/mol. The lowest BCUT2D eigenvalue weighted by molar-refractivity contribution is -0.132.